The highest BCUT2D eigenvalue weighted by Crippen LogP contribution is 2.17. The predicted octanol–water partition coefficient (Wildman–Crippen LogP) is 0.743. The minimum atomic E-state index is -2.09. The van der Waals surface area contributed by atoms with Gasteiger partial charge in [0.1, 0.15) is 0 Å². The molecule has 0 radical (unpaired) electrons. The Labute approximate surface area is 103 Å². The molecular weight excluding hydrogens is 238 g/mol. The Hall–Kier alpha value is -2.37. The molecule has 1 amide bonds. The monoisotopic (exact) mass is 251 g/mol. The number of rotatable bonds is 4. The van der Waals surface area contributed by atoms with E-state index >= 15 is 0 Å². The Kier molecular flexibility index (Phi) is 4.04. The average molecular weight is 251 g/mol. The van der Waals surface area contributed by atoms with E-state index in [1.54, 1.807) is 18.2 Å². The minimum Gasteiger partial charge on any atom is -0.480 e. The lowest BCUT2D eigenvalue weighted by atomic mass is 10.1. The van der Waals surface area contributed by atoms with Crippen molar-refractivity contribution in [3.8, 4) is 0 Å². The fourth-order valence-electron chi connectivity index (χ4n) is 1.47. The lowest BCUT2D eigenvalue weighted by Gasteiger charge is -2.19. The van der Waals surface area contributed by atoms with Crippen LogP contribution in [0.25, 0.3) is 0 Å². The van der Waals surface area contributed by atoms with Crippen LogP contribution in [-0.2, 0) is 14.4 Å². The normalized spacial score (nSPS) is 10.2. The van der Waals surface area contributed by atoms with Gasteiger partial charge in [0.05, 0.1) is 0 Å². The summed E-state index contributed by atoms with van der Waals surface area (Å²) in [5.41, 5.74) is 1.34. The second kappa shape index (κ2) is 5.31. The van der Waals surface area contributed by atoms with E-state index in [0.29, 0.717) is 5.69 Å². The molecular formula is C12H13NO5. The predicted molar refractivity (Wildman–Crippen MR) is 63.4 cm³/mol. The summed E-state index contributed by atoms with van der Waals surface area (Å²) >= 11 is 0. The van der Waals surface area contributed by atoms with Gasteiger partial charge in [-0.15, -0.1) is 0 Å². The quantitative estimate of drug-likeness (QED) is 0.770. The molecule has 0 atom stereocenters. The summed E-state index contributed by atoms with van der Waals surface area (Å²) in [4.78, 5) is 34.3. The van der Waals surface area contributed by atoms with Crippen molar-refractivity contribution < 1.29 is 24.6 Å². The maximum atomic E-state index is 11.8. The van der Waals surface area contributed by atoms with E-state index in [0.717, 1.165) is 10.5 Å². The molecule has 0 spiro atoms. The molecule has 0 aromatic heterocycles. The van der Waals surface area contributed by atoms with E-state index in [-0.39, 0.29) is 0 Å². The average Bonchev–Trinajstić information content (AvgIpc) is 2.26. The zero-order valence-corrected chi connectivity index (χ0v) is 9.95. The van der Waals surface area contributed by atoms with Gasteiger partial charge < -0.3 is 15.1 Å². The van der Waals surface area contributed by atoms with Crippen molar-refractivity contribution in [3.63, 3.8) is 0 Å². The molecule has 6 nitrogen and oxygen atoms in total. The van der Waals surface area contributed by atoms with Crippen LogP contribution in [0.4, 0.5) is 5.69 Å². The van der Waals surface area contributed by atoms with Gasteiger partial charge in [-0.05, 0) is 24.6 Å². The molecule has 0 saturated heterocycles. The molecule has 0 unspecified atom stereocenters. The molecule has 0 fully saturated rings. The molecule has 0 bridgehead atoms. The van der Waals surface area contributed by atoms with Crippen molar-refractivity contribution in [3.05, 3.63) is 29.8 Å². The van der Waals surface area contributed by atoms with E-state index in [9.17, 15) is 14.4 Å². The molecule has 0 saturated carbocycles. The van der Waals surface area contributed by atoms with Crippen LogP contribution in [0.3, 0.4) is 0 Å². The number of aryl methyl sites for hydroxylation is 1. The first-order chi connectivity index (χ1) is 8.34. The Morgan fingerprint density at radius 1 is 1.17 bits per heavy atom. The van der Waals surface area contributed by atoms with E-state index in [4.69, 9.17) is 10.2 Å². The third-order valence-electron chi connectivity index (χ3n) is 2.46. The van der Waals surface area contributed by atoms with Gasteiger partial charge in [-0.2, -0.15) is 0 Å². The maximum absolute atomic E-state index is 11.8. The van der Waals surface area contributed by atoms with Crippen LogP contribution in [-0.4, -0.2) is 35.1 Å². The second-order valence-corrected chi connectivity index (χ2v) is 3.85. The van der Waals surface area contributed by atoms with Gasteiger partial charge in [-0.1, -0.05) is 12.1 Å². The summed E-state index contributed by atoms with van der Waals surface area (Å²) in [6.07, 6.45) is 0. The third-order valence-corrected chi connectivity index (χ3v) is 2.46. The van der Waals surface area contributed by atoms with Gasteiger partial charge in [0.15, 0.2) is 0 Å². The molecule has 1 rings (SSSR count). The molecule has 96 valence electrons. The van der Waals surface area contributed by atoms with Gasteiger partial charge in [0.25, 0.3) is 5.91 Å². The number of amides is 1. The summed E-state index contributed by atoms with van der Waals surface area (Å²) < 4.78 is 0. The molecule has 0 aliphatic rings. The number of hydrogen-bond acceptors (Lipinski definition) is 3. The van der Waals surface area contributed by atoms with Gasteiger partial charge in [-0.3, -0.25) is 14.4 Å². The largest absolute Gasteiger partial charge is 0.480 e. The number of hydrogen-bond donors (Lipinski definition) is 2. The lowest BCUT2D eigenvalue weighted by molar-refractivity contribution is -0.157. The van der Waals surface area contributed by atoms with Crippen molar-refractivity contribution in [2.45, 2.75) is 6.92 Å². The highest BCUT2D eigenvalue weighted by Gasteiger charge is 2.36. The fourth-order valence-corrected chi connectivity index (χ4v) is 1.47. The molecule has 0 aliphatic carbocycles. The van der Waals surface area contributed by atoms with Crippen LogP contribution in [0.1, 0.15) is 5.56 Å². The summed E-state index contributed by atoms with van der Waals surface area (Å²) in [5.74, 6) is -6.42. The summed E-state index contributed by atoms with van der Waals surface area (Å²) in [5, 5.41) is 17.5. The smallest absolute Gasteiger partial charge is 0.327 e. The summed E-state index contributed by atoms with van der Waals surface area (Å²) in [7, 11) is 1.34. The number of nitrogens with zero attached hydrogens (tertiary/aromatic N) is 1. The highest BCUT2D eigenvalue weighted by molar-refractivity contribution is 6.17. The lowest BCUT2D eigenvalue weighted by Crippen LogP contribution is -2.41. The molecule has 18 heavy (non-hydrogen) atoms. The molecule has 2 N–H and O–H groups in total. The fraction of sp³-hybridized carbons (Fsp3) is 0.250. The van der Waals surface area contributed by atoms with E-state index in [1.807, 2.05) is 13.0 Å². The second-order valence-electron chi connectivity index (χ2n) is 3.85. The summed E-state index contributed by atoms with van der Waals surface area (Å²) in [6.45, 7) is 1.81. The topological polar surface area (TPSA) is 94.9 Å². The van der Waals surface area contributed by atoms with Crippen molar-refractivity contribution in [2.75, 3.05) is 11.9 Å². The van der Waals surface area contributed by atoms with Crippen molar-refractivity contribution >= 4 is 23.5 Å². The van der Waals surface area contributed by atoms with Crippen molar-refractivity contribution in [2.24, 2.45) is 5.92 Å². The molecule has 0 heterocycles. The molecule has 1 aromatic carbocycles. The number of benzene rings is 1. The van der Waals surface area contributed by atoms with Crippen molar-refractivity contribution in [1.29, 1.82) is 0 Å². The van der Waals surface area contributed by atoms with E-state index in [1.165, 1.54) is 7.05 Å². The minimum absolute atomic E-state index is 0.451. The number of anilines is 1. The number of carbonyl (C=O) groups excluding carboxylic acids is 1. The molecule has 1 aromatic rings. The molecule has 6 heteroatoms. The number of carboxylic acids is 2. The molecule has 0 aliphatic heterocycles. The van der Waals surface area contributed by atoms with Crippen LogP contribution < -0.4 is 4.90 Å². The van der Waals surface area contributed by atoms with Crippen molar-refractivity contribution in [1.82, 2.24) is 0 Å². The first-order valence-electron chi connectivity index (χ1n) is 5.14. The van der Waals surface area contributed by atoms with Gasteiger partial charge in [-0.25, -0.2) is 0 Å². The van der Waals surface area contributed by atoms with Gasteiger partial charge in [0.2, 0.25) is 5.92 Å². The highest BCUT2D eigenvalue weighted by atomic mass is 16.4. The Balaban J connectivity index is 3.03. The third kappa shape index (κ3) is 2.85. The van der Waals surface area contributed by atoms with Crippen LogP contribution in [0.15, 0.2) is 24.3 Å². The Bertz CT molecular complexity index is 483. The maximum Gasteiger partial charge on any atom is 0.327 e. The Morgan fingerprint density at radius 3 is 2.17 bits per heavy atom. The van der Waals surface area contributed by atoms with Crippen LogP contribution in [0.2, 0.25) is 0 Å². The van der Waals surface area contributed by atoms with Crippen LogP contribution >= 0.6 is 0 Å². The SMILES string of the molecule is Cc1cccc(N(C)C(=O)C(C(=O)O)C(=O)O)c1. The first kappa shape index (κ1) is 13.7. The van der Waals surface area contributed by atoms with Crippen LogP contribution in [0, 0.1) is 12.8 Å². The van der Waals surface area contributed by atoms with E-state index in [2.05, 4.69) is 0 Å². The first-order valence-corrected chi connectivity index (χ1v) is 5.14. The van der Waals surface area contributed by atoms with E-state index < -0.39 is 23.8 Å². The Morgan fingerprint density at radius 2 is 1.72 bits per heavy atom. The zero-order chi connectivity index (χ0) is 13.9. The standard InChI is InChI=1S/C12H13NO5/c1-7-4-3-5-8(6-7)13(2)10(14)9(11(15)16)12(17)18/h3-6,9H,1-2H3,(H,15,16)(H,17,18). The number of carboxylic acid groups (broad SMARTS) is 2. The number of carbonyl (C=O) groups is 3. The van der Waals surface area contributed by atoms with Gasteiger partial charge in [0, 0.05) is 12.7 Å². The summed E-state index contributed by atoms with van der Waals surface area (Å²) in [6, 6.07) is 6.78. The number of aliphatic carboxylic acids is 2. The van der Waals surface area contributed by atoms with Crippen LogP contribution in [0.5, 0.6) is 0 Å². The van der Waals surface area contributed by atoms with Gasteiger partial charge >= 0.3 is 11.9 Å². The zero-order valence-electron chi connectivity index (χ0n) is 9.95.